The number of hydrogen-bond donors (Lipinski definition) is 1. The molecule has 0 spiro atoms. The maximum absolute atomic E-state index is 13.1. The van der Waals surface area contributed by atoms with Gasteiger partial charge in [0.15, 0.2) is 0 Å². The minimum atomic E-state index is -4.48. The van der Waals surface area contributed by atoms with Crippen LogP contribution in [0.25, 0.3) is 0 Å². The summed E-state index contributed by atoms with van der Waals surface area (Å²) in [6.07, 6.45) is -2.96. The SMILES string of the molecule is Cl.FC(F)(F)c1cccc([C@@H](c2ccco2)N2CCNCC2)c1Cl. The molecule has 132 valence electrons. The minimum Gasteiger partial charge on any atom is -0.467 e. The number of alkyl halides is 3. The van der Waals surface area contributed by atoms with Gasteiger partial charge in [-0.25, -0.2) is 0 Å². The summed E-state index contributed by atoms with van der Waals surface area (Å²) in [5, 5.41) is 2.97. The lowest BCUT2D eigenvalue weighted by Gasteiger charge is -2.34. The van der Waals surface area contributed by atoms with Crippen molar-refractivity contribution in [1.82, 2.24) is 10.2 Å². The number of hydrogen-bond acceptors (Lipinski definition) is 3. The Morgan fingerprint density at radius 1 is 1.12 bits per heavy atom. The molecule has 1 fully saturated rings. The van der Waals surface area contributed by atoms with E-state index in [0.717, 1.165) is 19.2 Å². The Morgan fingerprint density at radius 3 is 2.42 bits per heavy atom. The molecule has 0 bridgehead atoms. The number of furan rings is 1. The smallest absolute Gasteiger partial charge is 0.417 e. The van der Waals surface area contributed by atoms with Crippen LogP contribution in [0.5, 0.6) is 0 Å². The van der Waals surface area contributed by atoms with E-state index in [-0.39, 0.29) is 17.4 Å². The molecule has 1 atom stereocenters. The summed E-state index contributed by atoms with van der Waals surface area (Å²) in [7, 11) is 0. The standard InChI is InChI=1S/C16H16ClF3N2O.ClH/c17-14-11(3-1-4-12(14)16(18,19)20)15(13-5-2-10-23-13)22-8-6-21-7-9-22;/h1-5,10,15,21H,6-9H2;1H/t15-;/m0./s1. The van der Waals surface area contributed by atoms with Crippen molar-refractivity contribution in [2.45, 2.75) is 12.2 Å². The van der Waals surface area contributed by atoms with E-state index in [4.69, 9.17) is 16.0 Å². The predicted octanol–water partition coefficient (Wildman–Crippen LogP) is 4.37. The summed E-state index contributed by atoms with van der Waals surface area (Å²) in [4.78, 5) is 2.08. The average Bonchev–Trinajstić information content (AvgIpc) is 3.03. The summed E-state index contributed by atoms with van der Waals surface area (Å²) in [5.74, 6) is 0.591. The maximum Gasteiger partial charge on any atom is 0.417 e. The van der Waals surface area contributed by atoms with Crippen LogP contribution in [-0.4, -0.2) is 31.1 Å². The molecule has 1 aromatic heterocycles. The van der Waals surface area contributed by atoms with Crippen LogP contribution in [0.2, 0.25) is 5.02 Å². The molecule has 0 aliphatic carbocycles. The van der Waals surface area contributed by atoms with Crippen LogP contribution in [-0.2, 0) is 6.18 Å². The van der Waals surface area contributed by atoms with Gasteiger partial charge in [-0.3, -0.25) is 4.90 Å². The molecular weight excluding hydrogens is 364 g/mol. The Morgan fingerprint density at radius 2 is 1.83 bits per heavy atom. The Labute approximate surface area is 149 Å². The first-order valence-electron chi connectivity index (χ1n) is 7.32. The van der Waals surface area contributed by atoms with Crippen LogP contribution in [0, 0.1) is 0 Å². The maximum atomic E-state index is 13.1. The zero-order valence-corrected chi connectivity index (χ0v) is 14.2. The second-order valence-corrected chi connectivity index (χ2v) is 5.79. The molecule has 0 radical (unpaired) electrons. The molecular formula is C16H17Cl2F3N2O. The number of piperazine rings is 1. The lowest BCUT2D eigenvalue weighted by atomic mass is 9.99. The van der Waals surface area contributed by atoms with Crippen LogP contribution in [0.3, 0.4) is 0 Å². The number of nitrogens with zero attached hydrogens (tertiary/aromatic N) is 1. The molecule has 8 heteroatoms. The zero-order chi connectivity index (χ0) is 16.4. The van der Waals surface area contributed by atoms with Crippen molar-refractivity contribution in [2.24, 2.45) is 0 Å². The first kappa shape index (κ1) is 19.1. The van der Waals surface area contributed by atoms with Gasteiger partial charge in [-0.15, -0.1) is 12.4 Å². The summed E-state index contributed by atoms with van der Waals surface area (Å²) >= 11 is 6.12. The molecule has 1 aliphatic rings. The number of benzene rings is 1. The van der Waals surface area contributed by atoms with Gasteiger partial charge in [0.05, 0.1) is 22.9 Å². The van der Waals surface area contributed by atoms with Gasteiger partial charge in [0.1, 0.15) is 5.76 Å². The fourth-order valence-corrected chi connectivity index (χ4v) is 3.23. The van der Waals surface area contributed by atoms with Gasteiger partial charge >= 0.3 is 6.18 Å². The third kappa shape index (κ3) is 3.88. The number of nitrogens with one attached hydrogen (secondary N) is 1. The Hall–Kier alpha value is -1.21. The van der Waals surface area contributed by atoms with E-state index in [9.17, 15) is 13.2 Å². The highest BCUT2D eigenvalue weighted by Gasteiger charge is 2.36. The van der Waals surface area contributed by atoms with Crippen LogP contribution >= 0.6 is 24.0 Å². The summed E-state index contributed by atoms with van der Waals surface area (Å²) in [6, 6.07) is 7.09. The minimum absolute atomic E-state index is 0. The molecule has 1 saturated heterocycles. The Bertz CT molecular complexity index is 656. The van der Waals surface area contributed by atoms with Crippen molar-refractivity contribution in [3.8, 4) is 0 Å². The van der Waals surface area contributed by atoms with Gasteiger partial charge < -0.3 is 9.73 Å². The van der Waals surface area contributed by atoms with Crippen LogP contribution < -0.4 is 5.32 Å². The molecule has 2 aromatic rings. The second kappa shape index (κ2) is 7.78. The molecule has 1 aromatic carbocycles. The fraction of sp³-hybridized carbons (Fsp3) is 0.375. The molecule has 2 heterocycles. The van der Waals surface area contributed by atoms with E-state index in [1.54, 1.807) is 18.2 Å². The molecule has 0 saturated carbocycles. The van der Waals surface area contributed by atoms with Crippen LogP contribution in [0.4, 0.5) is 13.2 Å². The number of halogens is 5. The summed E-state index contributed by atoms with van der Waals surface area (Å²) < 4.78 is 44.9. The molecule has 3 rings (SSSR count). The van der Waals surface area contributed by atoms with Crippen molar-refractivity contribution in [3.63, 3.8) is 0 Å². The van der Waals surface area contributed by atoms with Crippen molar-refractivity contribution in [1.29, 1.82) is 0 Å². The van der Waals surface area contributed by atoms with Gasteiger partial charge in [0.2, 0.25) is 0 Å². The van der Waals surface area contributed by atoms with Gasteiger partial charge in [0, 0.05) is 26.2 Å². The Balaban J connectivity index is 0.00000208. The predicted molar refractivity (Wildman–Crippen MR) is 88.7 cm³/mol. The molecule has 1 N–H and O–H groups in total. The van der Waals surface area contributed by atoms with Gasteiger partial charge in [-0.1, -0.05) is 23.7 Å². The van der Waals surface area contributed by atoms with Gasteiger partial charge in [-0.2, -0.15) is 13.2 Å². The molecule has 0 unspecified atom stereocenters. The van der Waals surface area contributed by atoms with E-state index in [1.165, 1.54) is 12.3 Å². The van der Waals surface area contributed by atoms with E-state index in [2.05, 4.69) is 10.2 Å². The van der Waals surface area contributed by atoms with E-state index in [0.29, 0.717) is 24.4 Å². The topological polar surface area (TPSA) is 28.4 Å². The van der Waals surface area contributed by atoms with Crippen molar-refractivity contribution >= 4 is 24.0 Å². The monoisotopic (exact) mass is 380 g/mol. The lowest BCUT2D eigenvalue weighted by Crippen LogP contribution is -2.45. The Kier molecular flexibility index (Phi) is 6.20. The average molecular weight is 381 g/mol. The third-order valence-corrected chi connectivity index (χ3v) is 4.38. The molecule has 3 nitrogen and oxygen atoms in total. The van der Waals surface area contributed by atoms with Crippen molar-refractivity contribution in [3.05, 3.63) is 58.5 Å². The number of rotatable bonds is 3. The molecule has 1 aliphatic heterocycles. The van der Waals surface area contributed by atoms with Gasteiger partial charge in [-0.05, 0) is 23.8 Å². The summed E-state index contributed by atoms with van der Waals surface area (Å²) in [5.41, 5.74) is -0.401. The fourth-order valence-electron chi connectivity index (χ4n) is 2.90. The molecule has 0 amide bonds. The van der Waals surface area contributed by atoms with Crippen molar-refractivity contribution in [2.75, 3.05) is 26.2 Å². The van der Waals surface area contributed by atoms with Crippen molar-refractivity contribution < 1.29 is 17.6 Å². The molecule has 24 heavy (non-hydrogen) atoms. The normalized spacial score (nSPS) is 17.3. The highest BCUT2D eigenvalue weighted by Crippen LogP contribution is 2.41. The summed E-state index contributed by atoms with van der Waals surface area (Å²) in [6.45, 7) is 2.96. The zero-order valence-electron chi connectivity index (χ0n) is 12.6. The highest BCUT2D eigenvalue weighted by atomic mass is 35.5. The van der Waals surface area contributed by atoms with Crippen LogP contribution in [0.1, 0.15) is 22.9 Å². The van der Waals surface area contributed by atoms with E-state index in [1.807, 2.05) is 0 Å². The van der Waals surface area contributed by atoms with E-state index >= 15 is 0 Å². The largest absolute Gasteiger partial charge is 0.467 e. The van der Waals surface area contributed by atoms with E-state index < -0.39 is 17.8 Å². The first-order chi connectivity index (χ1) is 11.0. The van der Waals surface area contributed by atoms with Gasteiger partial charge in [0.25, 0.3) is 0 Å². The lowest BCUT2D eigenvalue weighted by molar-refractivity contribution is -0.137. The first-order valence-corrected chi connectivity index (χ1v) is 7.70. The second-order valence-electron chi connectivity index (χ2n) is 5.41. The third-order valence-electron chi connectivity index (χ3n) is 3.96. The highest BCUT2D eigenvalue weighted by molar-refractivity contribution is 6.32. The van der Waals surface area contributed by atoms with Crippen LogP contribution in [0.15, 0.2) is 41.0 Å². The quantitative estimate of drug-likeness (QED) is 0.856.